The predicted molar refractivity (Wildman–Crippen MR) is 59.2 cm³/mol. The highest BCUT2D eigenvalue weighted by atomic mass is 32.1. The highest BCUT2D eigenvalue weighted by Crippen LogP contribution is 2.30. The smallest absolute Gasteiger partial charge is 0.160 e. The highest BCUT2D eigenvalue weighted by Gasteiger charge is 2.19. The van der Waals surface area contributed by atoms with Gasteiger partial charge in [0, 0.05) is 0 Å². The molecule has 0 spiro atoms. The number of carbonyl (C=O) groups is 1. The second-order valence-electron chi connectivity index (χ2n) is 3.98. The molecule has 76 valence electrons. The molecule has 2 heterocycles. The topological polar surface area (TPSA) is 20.3 Å². The van der Waals surface area contributed by atoms with Crippen molar-refractivity contribution in [2.75, 3.05) is 20.1 Å². The van der Waals surface area contributed by atoms with Gasteiger partial charge in [0.1, 0.15) is 0 Å². The van der Waals surface area contributed by atoms with Gasteiger partial charge in [-0.25, -0.2) is 0 Å². The number of rotatable bonds is 2. The van der Waals surface area contributed by atoms with E-state index in [1.54, 1.807) is 11.3 Å². The number of nitrogens with zero attached hydrogens (tertiary/aromatic N) is 1. The van der Waals surface area contributed by atoms with Crippen LogP contribution in [-0.4, -0.2) is 31.3 Å². The lowest BCUT2D eigenvalue weighted by atomic mass is 9.91. The molecule has 0 aliphatic carbocycles. The molecule has 2 rings (SSSR count). The van der Waals surface area contributed by atoms with Gasteiger partial charge in [-0.2, -0.15) is 0 Å². The minimum absolute atomic E-state index is 0.677. The highest BCUT2D eigenvalue weighted by molar-refractivity contribution is 7.11. The van der Waals surface area contributed by atoms with Crippen molar-refractivity contribution in [2.24, 2.45) is 0 Å². The van der Waals surface area contributed by atoms with Crippen molar-refractivity contribution in [1.82, 2.24) is 4.90 Å². The van der Waals surface area contributed by atoms with E-state index in [0.717, 1.165) is 11.2 Å². The molecule has 0 saturated carbocycles. The van der Waals surface area contributed by atoms with Crippen molar-refractivity contribution in [2.45, 2.75) is 18.8 Å². The Balaban J connectivity index is 2.04. The summed E-state index contributed by atoms with van der Waals surface area (Å²) in [4.78, 5) is 13.8. The maximum absolute atomic E-state index is 10.6. The zero-order valence-corrected chi connectivity index (χ0v) is 9.22. The molecular weight excluding hydrogens is 194 g/mol. The van der Waals surface area contributed by atoms with Crippen LogP contribution in [0.25, 0.3) is 0 Å². The zero-order valence-electron chi connectivity index (χ0n) is 8.40. The summed E-state index contributed by atoms with van der Waals surface area (Å²) in [5.41, 5.74) is 1.37. The molecule has 3 heteroatoms. The molecule has 1 aromatic heterocycles. The van der Waals surface area contributed by atoms with Gasteiger partial charge in [-0.3, -0.25) is 4.79 Å². The van der Waals surface area contributed by atoms with Crippen LogP contribution in [0, 0.1) is 0 Å². The monoisotopic (exact) mass is 209 g/mol. The van der Waals surface area contributed by atoms with Gasteiger partial charge in [-0.05, 0) is 55.9 Å². The largest absolute Gasteiger partial charge is 0.306 e. The molecular formula is C11H15NOS. The molecule has 0 unspecified atom stereocenters. The Morgan fingerprint density at radius 3 is 2.79 bits per heavy atom. The molecule has 0 aromatic carbocycles. The van der Waals surface area contributed by atoms with E-state index in [9.17, 15) is 4.79 Å². The zero-order chi connectivity index (χ0) is 9.97. The molecule has 1 aromatic rings. The van der Waals surface area contributed by atoms with Crippen LogP contribution >= 0.6 is 11.3 Å². The Morgan fingerprint density at radius 2 is 2.21 bits per heavy atom. The van der Waals surface area contributed by atoms with Gasteiger partial charge in [-0.1, -0.05) is 0 Å². The van der Waals surface area contributed by atoms with E-state index in [0.29, 0.717) is 5.92 Å². The van der Waals surface area contributed by atoms with Crippen molar-refractivity contribution in [3.63, 3.8) is 0 Å². The lowest BCUT2D eigenvalue weighted by molar-refractivity contribution is 0.112. The maximum Gasteiger partial charge on any atom is 0.160 e. The Bertz CT molecular complexity index is 313. The van der Waals surface area contributed by atoms with Crippen LogP contribution in [0.15, 0.2) is 11.4 Å². The molecule has 0 amide bonds. The number of thiophene rings is 1. The van der Waals surface area contributed by atoms with Gasteiger partial charge in [0.2, 0.25) is 0 Å². The average Bonchev–Trinajstić information content (AvgIpc) is 2.67. The van der Waals surface area contributed by atoms with Crippen LogP contribution in [0.4, 0.5) is 0 Å². The van der Waals surface area contributed by atoms with Gasteiger partial charge >= 0.3 is 0 Å². The molecule has 1 fully saturated rings. The molecule has 2 nitrogen and oxygen atoms in total. The lowest BCUT2D eigenvalue weighted by Crippen LogP contribution is -2.29. The first-order valence-corrected chi connectivity index (χ1v) is 5.89. The molecule has 0 N–H and O–H groups in total. The van der Waals surface area contributed by atoms with Crippen LogP contribution in [0.5, 0.6) is 0 Å². The maximum atomic E-state index is 10.6. The summed E-state index contributed by atoms with van der Waals surface area (Å²) in [7, 11) is 2.17. The first-order valence-electron chi connectivity index (χ1n) is 5.02. The summed E-state index contributed by atoms with van der Waals surface area (Å²) in [6, 6.07) is 2.05. The molecule has 14 heavy (non-hydrogen) atoms. The minimum Gasteiger partial charge on any atom is -0.306 e. The van der Waals surface area contributed by atoms with E-state index in [-0.39, 0.29) is 0 Å². The first kappa shape index (κ1) is 9.87. The Labute approximate surface area is 88.5 Å². The third kappa shape index (κ3) is 2.04. The summed E-state index contributed by atoms with van der Waals surface area (Å²) in [6.07, 6.45) is 3.40. The van der Waals surface area contributed by atoms with Crippen molar-refractivity contribution in [3.05, 3.63) is 21.9 Å². The molecule has 0 radical (unpaired) electrons. The third-order valence-corrected chi connectivity index (χ3v) is 3.82. The normalized spacial score (nSPS) is 19.8. The van der Waals surface area contributed by atoms with Gasteiger partial charge in [0.25, 0.3) is 0 Å². The van der Waals surface area contributed by atoms with Crippen molar-refractivity contribution >= 4 is 17.6 Å². The van der Waals surface area contributed by atoms with E-state index in [1.807, 2.05) is 6.07 Å². The second-order valence-corrected chi connectivity index (χ2v) is 4.92. The average molecular weight is 209 g/mol. The molecule has 0 atom stereocenters. The van der Waals surface area contributed by atoms with Crippen molar-refractivity contribution in [1.29, 1.82) is 0 Å². The number of carbonyl (C=O) groups excluding carboxylic acids is 1. The third-order valence-electron chi connectivity index (χ3n) is 2.95. The standard InChI is InChI=1S/C11H15NOS/c1-12-4-2-9(3-5-12)10-6-11(7-13)14-8-10/h6-9H,2-5H2,1H3. The molecule has 1 aliphatic rings. The van der Waals surface area contributed by atoms with Crippen LogP contribution in [-0.2, 0) is 0 Å². The van der Waals surface area contributed by atoms with E-state index in [4.69, 9.17) is 0 Å². The van der Waals surface area contributed by atoms with Crippen LogP contribution in [0.1, 0.15) is 34.0 Å². The Morgan fingerprint density at radius 1 is 1.50 bits per heavy atom. The van der Waals surface area contributed by atoms with E-state index >= 15 is 0 Å². The van der Waals surface area contributed by atoms with E-state index in [2.05, 4.69) is 17.3 Å². The fourth-order valence-corrected chi connectivity index (χ4v) is 2.78. The van der Waals surface area contributed by atoms with Crippen LogP contribution in [0.2, 0.25) is 0 Å². The fourth-order valence-electron chi connectivity index (χ4n) is 1.99. The predicted octanol–water partition coefficient (Wildman–Crippen LogP) is 2.37. The van der Waals surface area contributed by atoms with E-state index in [1.165, 1.54) is 31.5 Å². The summed E-state index contributed by atoms with van der Waals surface area (Å²) in [5, 5.41) is 2.14. The quantitative estimate of drug-likeness (QED) is 0.697. The van der Waals surface area contributed by atoms with Crippen molar-refractivity contribution < 1.29 is 4.79 Å². The number of likely N-dealkylation sites (tertiary alicyclic amines) is 1. The van der Waals surface area contributed by atoms with Gasteiger partial charge in [-0.15, -0.1) is 11.3 Å². The molecule has 0 bridgehead atoms. The van der Waals surface area contributed by atoms with Crippen LogP contribution < -0.4 is 0 Å². The fraction of sp³-hybridized carbons (Fsp3) is 0.545. The summed E-state index contributed by atoms with van der Waals surface area (Å²) >= 11 is 1.56. The van der Waals surface area contributed by atoms with E-state index < -0.39 is 0 Å². The second kappa shape index (κ2) is 4.24. The molecule has 1 aliphatic heterocycles. The van der Waals surface area contributed by atoms with Gasteiger partial charge in [0.15, 0.2) is 6.29 Å². The number of piperidine rings is 1. The minimum atomic E-state index is 0.677. The number of aldehydes is 1. The number of hydrogen-bond acceptors (Lipinski definition) is 3. The Hall–Kier alpha value is -0.670. The first-order chi connectivity index (χ1) is 6.79. The number of hydrogen-bond donors (Lipinski definition) is 0. The summed E-state index contributed by atoms with van der Waals surface area (Å²) in [6.45, 7) is 2.36. The summed E-state index contributed by atoms with van der Waals surface area (Å²) in [5.74, 6) is 0.677. The SMILES string of the molecule is CN1CCC(c2csc(C=O)c2)CC1. The van der Waals surface area contributed by atoms with Gasteiger partial charge < -0.3 is 4.90 Å². The molecule has 1 saturated heterocycles. The van der Waals surface area contributed by atoms with Crippen molar-refractivity contribution in [3.8, 4) is 0 Å². The lowest BCUT2D eigenvalue weighted by Gasteiger charge is -2.28. The summed E-state index contributed by atoms with van der Waals surface area (Å²) < 4.78 is 0. The Kier molecular flexibility index (Phi) is 2.99. The van der Waals surface area contributed by atoms with Gasteiger partial charge in [0.05, 0.1) is 4.88 Å². The van der Waals surface area contributed by atoms with Crippen LogP contribution in [0.3, 0.4) is 0 Å².